The van der Waals surface area contributed by atoms with E-state index in [1.165, 1.54) is 6.07 Å². The Kier molecular flexibility index (Phi) is 4.05. The van der Waals surface area contributed by atoms with Crippen LogP contribution < -0.4 is 0 Å². The molecule has 0 bridgehead atoms. The van der Waals surface area contributed by atoms with Crippen LogP contribution in [0.2, 0.25) is 0 Å². The number of carbonyl (C=O) groups is 1. The van der Waals surface area contributed by atoms with Crippen LogP contribution >= 0.6 is 0 Å². The van der Waals surface area contributed by atoms with Crippen molar-refractivity contribution in [1.29, 1.82) is 0 Å². The number of likely N-dealkylation sites (N-methyl/N-ethyl adjacent to an activating group) is 1. The zero-order chi connectivity index (χ0) is 14.7. The van der Waals surface area contributed by atoms with Crippen LogP contribution in [-0.4, -0.2) is 46.9 Å². The second-order valence-corrected chi connectivity index (χ2v) is 4.79. The minimum absolute atomic E-state index is 0.0340. The fourth-order valence-corrected chi connectivity index (χ4v) is 1.79. The highest BCUT2D eigenvalue weighted by Crippen LogP contribution is 2.30. The molecule has 6 heteroatoms. The van der Waals surface area contributed by atoms with Gasteiger partial charge in [-0.3, -0.25) is 0 Å². The van der Waals surface area contributed by atoms with Crippen molar-refractivity contribution < 1.29 is 19.5 Å². The topological polar surface area (TPSA) is 86.8 Å². The minimum atomic E-state index is -1.16. The van der Waals surface area contributed by atoms with Gasteiger partial charge in [0.1, 0.15) is 5.75 Å². The van der Waals surface area contributed by atoms with Crippen LogP contribution in [0.15, 0.2) is 28.8 Å². The summed E-state index contributed by atoms with van der Waals surface area (Å²) < 4.78 is 4.97. The Morgan fingerprint density at radius 3 is 2.70 bits per heavy atom. The third-order valence-corrected chi connectivity index (χ3v) is 2.90. The van der Waals surface area contributed by atoms with Gasteiger partial charge >= 0.3 is 5.97 Å². The molecular formula is C14H16N2O4. The molecule has 0 unspecified atom stereocenters. The monoisotopic (exact) mass is 276 g/mol. The van der Waals surface area contributed by atoms with E-state index in [0.29, 0.717) is 5.56 Å². The first-order valence-corrected chi connectivity index (χ1v) is 6.14. The highest BCUT2D eigenvalue weighted by atomic mass is 16.5. The first kappa shape index (κ1) is 14.1. The smallest absolute Gasteiger partial charge is 0.358 e. The summed E-state index contributed by atoms with van der Waals surface area (Å²) in [7, 11) is 3.97. The number of carboxylic acids is 1. The predicted molar refractivity (Wildman–Crippen MR) is 72.8 cm³/mol. The highest BCUT2D eigenvalue weighted by molar-refractivity contribution is 5.86. The molecule has 0 radical (unpaired) electrons. The van der Waals surface area contributed by atoms with Crippen molar-refractivity contribution in [2.75, 3.05) is 20.6 Å². The van der Waals surface area contributed by atoms with E-state index in [0.717, 1.165) is 18.5 Å². The lowest BCUT2D eigenvalue weighted by Crippen LogP contribution is -2.14. The van der Waals surface area contributed by atoms with Crippen molar-refractivity contribution in [1.82, 2.24) is 10.1 Å². The van der Waals surface area contributed by atoms with Gasteiger partial charge in [-0.15, -0.1) is 0 Å². The van der Waals surface area contributed by atoms with Gasteiger partial charge in [-0.1, -0.05) is 11.2 Å². The summed E-state index contributed by atoms with van der Waals surface area (Å²) in [5.74, 6) is -0.887. The lowest BCUT2D eigenvalue weighted by atomic mass is 10.0. The minimum Gasteiger partial charge on any atom is -0.507 e. The number of phenols is 1. The predicted octanol–water partition coefficient (Wildman–Crippen LogP) is 1.85. The quantitative estimate of drug-likeness (QED) is 0.866. The van der Waals surface area contributed by atoms with E-state index < -0.39 is 5.97 Å². The number of carboxylic acid groups (broad SMARTS) is 1. The Bertz CT molecular complexity index is 619. The van der Waals surface area contributed by atoms with Crippen LogP contribution in [-0.2, 0) is 6.42 Å². The maximum absolute atomic E-state index is 10.8. The SMILES string of the molecule is CN(C)CCc1ccc(O)c(-c2cc(C(=O)O)no2)c1. The molecule has 1 aromatic carbocycles. The Labute approximate surface area is 116 Å². The van der Waals surface area contributed by atoms with E-state index in [-0.39, 0.29) is 17.2 Å². The molecule has 1 aromatic heterocycles. The van der Waals surface area contributed by atoms with Crippen LogP contribution in [0.4, 0.5) is 0 Å². The highest BCUT2D eigenvalue weighted by Gasteiger charge is 2.15. The molecule has 0 fully saturated rings. The maximum atomic E-state index is 10.8. The van der Waals surface area contributed by atoms with Gasteiger partial charge < -0.3 is 19.6 Å². The number of rotatable bonds is 5. The van der Waals surface area contributed by atoms with Crippen LogP contribution in [0.1, 0.15) is 16.1 Å². The number of aromatic nitrogens is 1. The number of hydrogen-bond donors (Lipinski definition) is 2. The molecule has 2 N–H and O–H groups in total. The molecular weight excluding hydrogens is 260 g/mol. The molecule has 0 saturated heterocycles. The summed E-state index contributed by atoms with van der Waals surface area (Å²) in [6, 6.07) is 6.48. The Morgan fingerprint density at radius 1 is 1.35 bits per heavy atom. The number of benzene rings is 1. The molecule has 0 spiro atoms. The Hall–Kier alpha value is -2.34. The van der Waals surface area contributed by atoms with Gasteiger partial charge in [0.2, 0.25) is 0 Å². The molecule has 106 valence electrons. The van der Waals surface area contributed by atoms with Gasteiger partial charge in [0.05, 0.1) is 5.56 Å². The first-order chi connectivity index (χ1) is 9.47. The average molecular weight is 276 g/mol. The van der Waals surface area contributed by atoms with Crippen LogP contribution in [0.5, 0.6) is 5.75 Å². The number of aromatic carboxylic acids is 1. The molecule has 0 aliphatic rings. The molecule has 2 aromatic rings. The molecule has 2 rings (SSSR count). The number of phenolic OH excluding ortho intramolecular Hbond substituents is 1. The third kappa shape index (κ3) is 3.16. The molecule has 0 atom stereocenters. The van der Waals surface area contributed by atoms with Gasteiger partial charge in [0, 0.05) is 12.6 Å². The van der Waals surface area contributed by atoms with Gasteiger partial charge in [0.15, 0.2) is 11.5 Å². The van der Waals surface area contributed by atoms with Crippen molar-refractivity contribution >= 4 is 5.97 Å². The molecule has 0 amide bonds. The maximum Gasteiger partial charge on any atom is 0.358 e. The fourth-order valence-electron chi connectivity index (χ4n) is 1.79. The van der Waals surface area contributed by atoms with Crippen molar-refractivity contribution in [3.8, 4) is 17.1 Å². The van der Waals surface area contributed by atoms with Gasteiger partial charge in [-0.25, -0.2) is 4.79 Å². The van der Waals surface area contributed by atoms with E-state index in [4.69, 9.17) is 9.63 Å². The first-order valence-electron chi connectivity index (χ1n) is 6.14. The van der Waals surface area contributed by atoms with Crippen LogP contribution in [0, 0.1) is 0 Å². The van der Waals surface area contributed by atoms with Gasteiger partial charge in [0.25, 0.3) is 0 Å². The van der Waals surface area contributed by atoms with Crippen LogP contribution in [0.3, 0.4) is 0 Å². The summed E-state index contributed by atoms with van der Waals surface area (Å²) >= 11 is 0. The van der Waals surface area contributed by atoms with Gasteiger partial charge in [-0.2, -0.15) is 0 Å². The van der Waals surface area contributed by atoms with Crippen molar-refractivity contribution in [3.63, 3.8) is 0 Å². The average Bonchev–Trinajstić information content (AvgIpc) is 2.87. The molecule has 0 aliphatic heterocycles. The zero-order valence-corrected chi connectivity index (χ0v) is 11.3. The van der Waals surface area contributed by atoms with E-state index in [9.17, 15) is 9.90 Å². The van der Waals surface area contributed by atoms with E-state index in [2.05, 4.69) is 10.1 Å². The van der Waals surface area contributed by atoms with Gasteiger partial charge in [-0.05, 0) is 38.2 Å². The second-order valence-electron chi connectivity index (χ2n) is 4.79. The standard InChI is InChI=1S/C14H16N2O4/c1-16(2)6-5-9-3-4-12(17)10(7-9)13-8-11(14(18)19)15-20-13/h3-4,7-8,17H,5-6H2,1-2H3,(H,18,19). The second kappa shape index (κ2) is 5.75. The van der Waals surface area contributed by atoms with Crippen molar-refractivity contribution in [2.24, 2.45) is 0 Å². The molecule has 6 nitrogen and oxygen atoms in total. The normalized spacial score (nSPS) is 10.9. The summed E-state index contributed by atoms with van der Waals surface area (Å²) in [5.41, 5.74) is 1.29. The van der Waals surface area contributed by atoms with E-state index in [1.807, 2.05) is 20.2 Å². The van der Waals surface area contributed by atoms with Crippen molar-refractivity contribution in [3.05, 3.63) is 35.5 Å². The zero-order valence-electron chi connectivity index (χ0n) is 11.3. The summed E-state index contributed by atoms with van der Waals surface area (Å²) in [4.78, 5) is 12.8. The number of nitrogens with zero attached hydrogens (tertiary/aromatic N) is 2. The largest absolute Gasteiger partial charge is 0.507 e. The summed E-state index contributed by atoms with van der Waals surface area (Å²) in [6.45, 7) is 0.876. The van der Waals surface area contributed by atoms with Crippen molar-refractivity contribution in [2.45, 2.75) is 6.42 Å². The summed E-state index contributed by atoms with van der Waals surface area (Å²) in [5, 5.41) is 22.1. The molecule has 1 heterocycles. The number of hydrogen-bond acceptors (Lipinski definition) is 5. The number of aromatic hydroxyl groups is 1. The summed E-state index contributed by atoms with van der Waals surface area (Å²) in [6.07, 6.45) is 0.820. The lowest BCUT2D eigenvalue weighted by Gasteiger charge is -2.10. The molecule has 20 heavy (non-hydrogen) atoms. The van der Waals surface area contributed by atoms with Crippen LogP contribution in [0.25, 0.3) is 11.3 Å². The van der Waals surface area contributed by atoms with E-state index >= 15 is 0 Å². The fraction of sp³-hybridized carbons (Fsp3) is 0.286. The molecule has 0 saturated carbocycles. The Balaban J connectivity index is 2.29. The van der Waals surface area contributed by atoms with E-state index in [1.54, 1.807) is 12.1 Å². The third-order valence-electron chi connectivity index (χ3n) is 2.90. The molecule has 0 aliphatic carbocycles. The lowest BCUT2D eigenvalue weighted by molar-refractivity contribution is 0.0686. The Morgan fingerprint density at radius 2 is 2.10 bits per heavy atom.